The van der Waals surface area contributed by atoms with E-state index in [1.807, 2.05) is 0 Å². The number of carbonyl (C=O) groups excluding carboxylic acids is 1. The molecule has 1 aliphatic heterocycles. The highest BCUT2D eigenvalue weighted by atomic mass is 19.1. The van der Waals surface area contributed by atoms with Crippen LogP contribution in [0.5, 0.6) is 0 Å². The molecule has 0 aromatic rings. The monoisotopic (exact) mass is 261 g/mol. The van der Waals surface area contributed by atoms with Gasteiger partial charge < -0.3 is 14.7 Å². The van der Waals surface area contributed by atoms with Gasteiger partial charge in [0.1, 0.15) is 11.8 Å². The Bertz CT molecular complexity index is 278. The van der Waals surface area contributed by atoms with Crippen LogP contribution in [0.2, 0.25) is 0 Å². The van der Waals surface area contributed by atoms with Crippen molar-refractivity contribution in [3.05, 3.63) is 0 Å². The normalized spacial score (nSPS) is 25.1. The summed E-state index contributed by atoms with van der Waals surface area (Å²) >= 11 is 0. The number of carbonyl (C=O) groups is 1. The molecule has 0 saturated carbocycles. The van der Waals surface area contributed by atoms with Gasteiger partial charge in [0.25, 0.3) is 0 Å². The largest absolute Gasteiger partial charge is 0.444 e. The van der Waals surface area contributed by atoms with Gasteiger partial charge in [-0.15, -0.1) is 0 Å². The third-order valence-electron chi connectivity index (χ3n) is 3.06. The number of nitrogens with zero attached hydrogens (tertiary/aromatic N) is 1. The van der Waals surface area contributed by atoms with Crippen molar-refractivity contribution in [1.29, 1.82) is 0 Å². The van der Waals surface area contributed by atoms with Crippen molar-refractivity contribution in [3.63, 3.8) is 0 Å². The second kappa shape index (κ2) is 6.36. The molecule has 0 aromatic carbocycles. The molecule has 0 aromatic heterocycles. The lowest BCUT2D eigenvalue weighted by molar-refractivity contribution is 0.00410. The summed E-state index contributed by atoms with van der Waals surface area (Å²) in [6.45, 7) is 6.12. The van der Waals surface area contributed by atoms with Gasteiger partial charge >= 0.3 is 6.09 Å². The lowest BCUT2D eigenvalue weighted by atomic mass is 9.91. The van der Waals surface area contributed by atoms with Crippen LogP contribution in [0.1, 0.15) is 40.0 Å². The Balaban J connectivity index is 2.43. The molecule has 106 valence electrons. The number of amides is 1. The first-order valence-electron chi connectivity index (χ1n) is 6.56. The average molecular weight is 261 g/mol. The topological polar surface area (TPSA) is 49.8 Å². The van der Waals surface area contributed by atoms with E-state index in [-0.39, 0.29) is 19.1 Å². The fourth-order valence-electron chi connectivity index (χ4n) is 2.12. The maximum atomic E-state index is 13.9. The smallest absolute Gasteiger partial charge is 0.410 e. The van der Waals surface area contributed by atoms with E-state index in [1.165, 1.54) is 4.90 Å². The summed E-state index contributed by atoms with van der Waals surface area (Å²) in [7, 11) is 0. The molecule has 5 heteroatoms. The molecule has 0 spiro atoms. The fourth-order valence-corrected chi connectivity index (χ4v) is 2.12. The van der Waals surface area contributed by atoms with Crippen LogP contribution < -0.4 is 0 Å². The van der Waals surface area contributed by atoms with E-state index in [9.17, 15) is 9.18 Å². The Morgan fingerprint density at radius 2 is 2.17 bits per heavy atom. The molecule has 0 aliphatic carbocycles. The van der Waals surface area contributed by atoms with Crippen LogP contribution in [-0.4, -0.2) is 47.6 Å². The molecule has 1 rings (SSSR count). The second-order valence-electron chi connectivity index (χ2n) is 5.86. The minimum atomic E-state index is -1.02. The highest BCUT2D eigenvalue weighted by Gasteiger charge is 2.33. The quantitative estimate of drug-likeness (QED) is 0.848. The van der Waals surface area contributed by atoms with E-state index in [0.29, 0.717) is 25.8 Å². The lowest BCUT2D eigenvalue weighted by Crippen LogP contribution is -2.46. The zero-order valence-corrected chi connectivity index (χ0v) is 11.5. The van der Waals surface area contributed by atoms with Crippen LogP contribution in [0.25, 0.3) is 0 Å². The van der Waals surface area contributed by atoms with Crippen LogP contribution >= 0.6 is 0 Å². The van der Waals surface area contributed by atoms with Gasteiger partial charge in [-0.25, -0.2) is 9.18 Å². The van der Waals surface area contributed by atoms with Crippen molar-refractivity contribution < 1.29 is 19.0 Å². The molecule has 1 N–H and O–H groups in total. The van der Waals surface area contributed by atoms with Crippen LogP contribution in [0.15, 0.2) is 0 Å². The maximum absolute atomic E-state index is 13.9. The summed E-state index contributed by atoms with van der Waals surface area (Å²) in [5.74, 6) is -0.0455. The Labute approximate surface area is 108 Å². The van der Waals surface area contributed by atoms with Crippen LogP contribution in [0, 0.1) is 5.92 Å². The first-order valence-corrected chi connectivity index (χ1v) is 6.56. The molecule has 1 saturated heterocycles. The maximum Gasteiger partial charge on any atom is 0.410 e. The highest BCUT2D eigenvalue weighted by Crippen LogP contribution is 2.25. The Hall–Kier alpha value is -0.840. The molecule has 0 radical (unpaired) electrons. The third-order valence-corrected chi connectivity index (χ3v) is 3.06. The predicted octanol–water partition coefficient (Wildman–Crippen LogP) is 2.35. The number of ether oxygens (including phenoxy) is 1. The number of alkyl halides is 1. The highest BCUT2D eigenvalue weighted by molar-refractivity contribution is 5.68. The van der Waals surface area contributed by atoms with E-state index >= 15 is 0 Å². The van der Waals surface area contributed by atoms with E-state index < -0.39 is 17.9 Å². The predicted molar refractivity (Wildman–Crippen MR) is 67.1 cm³/mol. The molecule has 1 amide bonds. The Kier molecular flexibility index (Phi) is 5.38. The number of hydrogen-bond donors (Lipinski definition) is 1. The van der Waals surface area contributed by atoms with Crippen molar-refractivity contribution in [2.45, 2.75) is 51.8 Å². The number of aliphatic hydroxyl groups is 1. The van der Waals surface area contributed by atoms with Gasteiger partial charge in [-0.2, -0.15) is 0 Å². The van der Waals surface area contributed by atoms with Gasteiger partial charge in [-0.3, -0.25) is 0 Å². The van der Waals surface area contributed by atoms with Gasteiger partial charge in [0.15, 0.2) is 0 Å². The summed E-state index contributed by atoms with van der Waals surface area (Å²) in [5.41, 5.74) is -0.545. The molecular weight excluding hydrogens is 237 g/mol. The summed E-state index contributed by atoms with van der Waals surface area (Å²) in [5, 5.41) is 8.74. The Morgan fingerprint density at radius 3 is 2.67 bits per heavy atom. The van der Waals surface area contributed by atoms with Crippen molar-refractivity contribution >= 4 is 6.09 Å². The average Bonchev–Trinajstić information content (AvgIpc) is 2.25. The molecule has 18 heavy (non-hydrogen) atoms. The molecule has 1 aliphatic rings. The summed E-state index contributed by atoms with van der Waals surface area (Å²) in [6, 6.07) is 0. The summed E-state index contributed by atoms with van der Waals surface area (Å²) < 4.78 is 19.1. The third kappa shape index (κ3) is 4.80. The molecule has 1 fully saturated rings. The number of hydrogen-bond acceptors (Lipinski definition) is 3. The fraction of sp³-hybridized carbons (Fsp3) is 0.923. The second-order valence-corrected chi connectivity index (χ2v) is 5.86. The SMILES string of the molecule is CC(C)(C)OC(=O)N1CCC(CCCO)C(F)C1. The first-order chi connectivity index (χ1) is 8.33. The Morgan fingerprint density at radius 1 is 1.50 bits per heavy atom. The zero-order chi connectivity index (χ0) is 13.8. The lowest BCUT2D eigenvalue weighted by Gasteiger charge is -2.35. The number of halogens is 1. The van der Waals surface area contributed by atoms with Crippen molar-refractivity contribution in [2.75, 3.05) is 19.7 Å². The van der Waals surface area contributed by atoms with Gasteiger partial charge in [0.2, 0.25) is 0 Å². The van der Waals surface area contributed by atoms with E-state index in [1.54, 1.807) is 20.8 Å². The number of likely N-dealkylation sites (tertiary alicyclic amines) is 1. The molecule has 4 nitrogen and oxygen atoms in total. The molecule has 2 atom stereocenters. The van der Waals surface area contributed by atoms with Gasteiger partial charge in [-0.05, 0) is 46.0 Å². The summed E-state index contributed by atoms with van der Waals surface area (Å²) in [6.07, 6.45) is 0.487. The zero-order valence-electron chi connectivity index (χ0n) is 11.5. The minimum absolute atomic E-state index is 0.0455. The minimum Gasteiger partial charge on any atom is -0.444 e. The van der Waals surface area contributed by atoms with Crippen molar-refractivity contribution in [3.8, 4) is 0 Å². The van der Waals surface area contributed by atoms with Crippen molar-refractivity contribution in [1.82, 2.24) is 4.90 Å². The van der Waals surface area contributed by atoms with Crippen LogP contribution in [-0.2, 0) is 4.74 Å². The molecule has 2 unspecified atom stereocenters. The van der Waals surface area contributed by atoms with E-state index in [4.69, 9.17) is 9.84 Å². The van der Waals surface area contributed by atoms with E-state index in [0.717, 1.165) is 0 Å². The van der Waals surface area contributed by atoms with Crippen LogP contribution in [0.4, 0.5) is 9.18 Å². The molecular formula is C13H24FNO3. The van der Waals surface area contributed by atoms with Gasteiger partial charge in [0.05, 0.1) is 6.54 Å². The summed E-state index contributed by atoms with van der Waals surface area (Å²) in [4.78, 5) is 13.2. The number of rotatable bonds is 3. The van der Waals surface area contributed by atoms with Gasteiger partial charge in [-0.1, -0.05) is 0 Å². The first kappa shape index (κ1) is 15.2. The standard InChI is InChI=1S/C13H24FNO3/c1-13(2,3)18-12(17)15-7-6-10(5-4-8-16)11(14)9-15/h10-11,16H,4-9H2,1-3H3. The van der Waals surface area contributed by atoms with Gasteiger partial charge in [0, 0.05) is 13.2 Å². The number of aliphatic hydroxyl groups excluding tert-OH is 1. The van der Waals surface area contributed by atoms with Crippen molar-refractivity contribution in [2.24, 2.45) is 5.92 Å². The van der Waals surface area contributed by atoms with Crippen LogP contribution in [0.3, 0.4) is 0 Å². The van der Waals surface area contributed by atoms with E-state index in [2.05, 4.69) is 0 Å². The molecule has 1 heterocycles. The number of piperidine rings is 1. The molecule has 0 bridgehead atoms.